The van der Waals surface area contributed by atoms with Crippen molar-refractivity contribution in [3.63, 3.8) is 0 Å². The highest BCUT2D eigenvalue weighted by Crippen LogP contribution is 2.50. The van der Waals surface area contributed by atoms with Gasteiger partial charge in [0, 0.05) is 5.56 Å². The highest BCUT2D eigenvalue weighted by molar-refractivity contribution is 6.74. The van der Waals surface area contributed by atoms with Crippen LogP contribution in [0.15, 0.2) is 54.6 Å². The minimum Gasteiger partial charge on any atom is -0.497 e. The van der Waals surface area contributed by atoms with Gasteiger partial charge < -0.3 is 33.6 Å². The topological polar surface area (TPSA) is 107 Å². The Morgan fingerprint density at radius 2 is 1.68 bits per heavy atom. The number of piperidine rings is 1. The van der Waals surface area contributed by atoms with Crippen LogP contribution in [0.4, 0.5) is 4.79 Å². The van der Waals surface area contributed by atoms with E-state index in [-0.39, 0.29) is 11.6 Å². The van der Waals surface area contributed by atoms with Crippen LogP contribution >= 0.6 is 0 Å². The zero-order valence-electron chi connectivity index (χ0n) is 24.7. The molecule has 0 aliphatic carbocycles. The molecule has 1 unspecified atom stereocenters. The predicted molar refractivity (Wildman–Crippen MR) is 152 cm³/mol. The van der Waals surface area contributed by atoms with Crippen molar-refractivity contribution >= 4 is 14.4 Å². The molecule has 5 atom stereocenters. The van der Waals surface area contributed by atoms with Gasteiger partial charge in [-0.15, -0.1) is 0 Å². The van der Waals surface area contributed by atoms with Gasteiger partial charge in [0.1, 0.15) is 24.6 Å². The number of carbonyl (C=O) groups excluding carboxylic acids is 1. The quantitative estimate of drug-likeness (QED) is 0.457. The van der Waals surface area contributed by atoms with Gasteiger partial charge in [-0.05, 0) is 49.7 Å². The molecule has 2 aromatic rings. The van der Waals surface area contributed by atoms with Crippen LogP contribution in [0.1, 0.15) is 45.7 Å². The summed E-state index contributed by atoms with van der Waals surface area (Å²) < 4.78 is 30.7. The maximum Gasteiger partial charge on any atom is 0.413 e. The molecular formula is C30H43NO8Si. The molecule has 2 saturated heterocycles. The maximum atomic E-state index is 14.0. The largest absolute Gasteiger partial charge is 0.497 e. The van der Waals surface area contributed by atoms with Gasteiger partial charge in [-0.1, -0.05) is 63.2 Å². The number of ether oxygens (including phenoxy) is 4. The van der Waals surface area contributed by atoms with Crippen LogP contribution in [0.3, 0.4) is 0 Å². The molecular weight excluding hydrogens is 530 g/mol. The number of aliphatic hydroxyl groups is 2. The lowest BCUT2D eigenvalue weighted by molar-refractivity contribution is -0.248. The van der Waals surface area contributed by atoms with Crippen LogP contribution in [0.5, 0.6) is 5.75 Å². The van der Waals surface area contributed by atoms with Crippen molar-refractivity contribution in [1.82, 2.24) is 4.90 Å². The summed E-state index contributed by atoms with van der Waals surface area (Å²) in [5, 5.41) is 23.3. The van der Waals surface area contributed by atoms with Crippen molar-refractivity contribution in [2.45, 2.75) is 95.2 Å². The van der Waals surface area contributed by atoms with Gasteiger partial charge in [0.25, 0.3) is 0 Å². The van der Waals surface area contributed by atoms with Crippen molar-refractivity contribution in [2.24, 2.45) is 0 Å². The number of aliphatic hydroxyl groups excluding tert-OH is 1. The van der Waals surface area contributed by atoms with Crippen LogP contribution in [-0.2, 0) is 31.0 Å². The monoisotopic (exact) mass is 573 g/mol. The van der Waals surface area contributed by atoms with Crippen LogP contribution in [-0.4, -0.2) is 73.4 Å². The first-order chi connectivity index (χ1) is 18.6. The van der Waals surface area contributed by atoms with Gasteiger partial charge in [0.2, 0.25) is 0 Å². The Bertz CT molecular complexity index is 1170. The highest BCUT2D eigenvalue weighted by Gasteiger charge is 2.67. The fourth-order valence-electron chi connectivity index (χ4n) is 5.15. The average Bonchev–Trinajstić information content (AvgIpc) is 3.24. The number of fused-ring (bicyclic) bond motifs is 1. The number of likely N-dealkylation sites (tertiary alicyclic amines) is 1. The van der Waals surface area contributed by atoms with Gasteiger partial charge in [0.15, 0.2) is 19.8 Å². The summed E-state index contributed by atoms with van der Waals surface area (Å²) in [6.45, 7) is 13.5. The van der Waals surface area contributed by atoms with Crippen LogP contribution in [0.2, 0.25) is 18.1 Å². The lowest BCUT2D eigenvalue weighted by Gasteiger charge is -2.55. The van der Waals surface area contributed by atoms with E-state index in [1.807, 2.05) is 30.3 Å². The lowest BCUT2D eigenvalue weighted by atomic mass is 9.81. The Kier molecular flexibility index (Phi) is 8.44. The third-order valence-electron chi connectivity index (χ3n) is 8.27. The summed E-state index contributed by atoms with van der Waals surface area (Å²) >= 11 is 0. The molecule has 0 aromatic heterocycles. The second-order valence-electron chi connectivity index (χ2n) is 12.5. The lowest BCUT2D eigenvalue weighted by Crippen LogP contribution is -2.74. The molecule has 2 aromatic carbocycles. The highest BCUT2D eigenvalue weighted by atomic mass is 28.4. The van der Waals surface area contributed by atoms with E-state index in [9.17, 15) is 15.0 Å². The number of benzene rings is 2. The SMILES string of the molecule is COc1ccc(C2(O)[C@H]3OC(C)(C)O[C@H]3[C@H](O[Si](C)(C)C(C)(C)C)[C@@H](CO)N2C(=O)OCc2ccccc2)cc1. The molecule has 0 bridgehead atoms. The molecule has 0 saturated carbocycles. The number of nitrogens with zero attached hydrogens (tertiary/aromatic N) is 1. The maximum absolute atomic E-state index is 14.0. The Morgan fingerprint density at radius 3 is 2.23 bits per heavy atom. The number of hydrogen-bond acceptors (Lipinski definition) is 8. The third kappa shape index (κ3) is 5.66. The molecule has 9 nitrogen and oxygen atoms in total. The minimum atomic E-state index is -2.45. The molecule has 2 N–H and O–H groups in total. The third-order valence-corrected chi connectivity index (χ3v) is 12.7. The van der Waals surface area contributed by atoms with Gasteiger partial charge >= 0.3 is 6.09 Å². The second kappa shape index (κ2) is 11.1. The molecule has 10 heteroatoms. The number of carbonyl (C=O) groups is 1. The standard InChI is InChI=1S/C30H43NO8Si/c1-28(2,3)40(7,8)39-24-23(18-32)31(27(33)36-19-20-12-10-9-11-13-20)30(34,21-14-16-22(35-6)17-15-21)26-25(24)37-29(4,5)38-26/h9-17,23-26,32,34H,18-19H2,1-8H3/t23-,24-,25+,26+,30?/m1/s1. The van der Waals surface area contributed by atoms with Crippen molar-refractivity contribution in [3.05, 3.63) is 65.7 Å². The summed E-state index contributed by atoms with van der Waals surface area (Å²) in [6.07, 6.45) is -3.43. The summed E-state index contributed by atoms with van der Waals surface area (Å²) in [7, 11) is -0.904. The summed E-state index contributed by atoms with van der Waals surface area (Å²) in [6, 6.07) is 15.0. The molecule has 2 aliphatic heterocycles. The number of rotatable bonds is 7. The van der Waals surface area contributed by atoms with E-state index in [0.29, 0.717) is 11.3 Å². The molecule has 0 radical (unpaired) electrons. The van der Waals surface area contributed by atoms with Crippen LogP contribution in [0.25, 0.3) is 0 Å². The van der Waals surface area contributed by atoms with E-state index in [2.05, 4.69) is 33.9 Å². The first-order valence-corrected chi connectivity index (χ1v) is 16.6. The molecule has 2 heterocycles. The fraction of sp³-hybridized carbons (Fsp3) is 0.567. The molecule has 2 fully saturated rings. The minimum absolute atomic E-state index is 0.0162. The Balaban J connectivity index is 1.84. The van der Waals surface area contributed by atoms with E-state index >= 15 is 0 Å². The normalized spacial score (nSPS) is 28.2. The average molecular weight is 574 g/mol. The van der Waals surface area contributed by atoms with E-state index in [1.54, 1.807) is 45.2 Å². The molecule has 4 rings (SSSR count). The Labute approximate surface area is 238 Å². The fourth-order valence-corrected chi connectivity index (χ4v) is 6.47. The first-order valence-electron chi connectivity index (χ1n) is 13.7. The first kappa shape index (κ1) is 30.5. The molecule has 2 aliphatic rings. The van der Waals surface area contributed by atoms with E-state index < -0.39 is 56.9 Å². The van der Waals surface area contributed by atoms with E-state index in [1.165, 1.54) is 4.90 Å². The summed E-state index contributed by atoms with van der Waals surface area (Å²) in [5.41, 5.74) is -0.903. The van der Waals surface area contributed by atoms with Gasteiger partial charge in [-0.2, -0.15) is 0 Å². The predicted octanol–water partition coefficient (Wildman–Crippen LogP) is 4.76. The van der Waals surface area contributed by atoms with Crippen molar-refractivity contribution in [2.75, 3.05) is 13.7 Å². The van der Waals surface area contributed by atoms with Crippen molar-refractivity contribution in [3.8, 4) is 5.75 Å². The zero-order valence-corrected chi connectivity index (χ0v) is 25.7. The Morgan fingerprint density at radius 1 is 1.05 bits per heavy atom. The van der Waals surface area contributed by atoms with E-state index in [4.69, 9.17) is 23.4 Å². The van der Waals surface area contributed by atoms with Crippen molar-refractivity contribution < 1.29 is 38.4 Å². The smallest absolute Gasteiger partial charge is 0.413 e. The van der Waals surface area contributed by atoms with Crippen LogP contribution in [0, 0.1) is 0 Å². The van der Waals surface area contributed by atoms with E-state index in [0.717, 1.165) is 5.56 Å². The number of amides is 1. The Hall–Kier alpha value is -2.47. The molecule has 40 heavy (non-hydrogen) atoms. The summed E-state index contributed by atoms with van der Waals surface area (Å²) in [4.78, 5) is 15.2. The van der Waals surface area contributed by atoms with Crippen molar-refractivity contribution in [1.29, 1.82) is 0 Å². The van der Waals surface area contributed by atoms with Gasteiger partial charge in [0.05, 0.1) is 25.9 Å². The van der Waals surface area contributed by atoms with Gasteiger partial charge in [-0.3, -0.25) is 4.90 Å². The van der Waals surface area contributed by atoms with Gasteiger partial charge in [-0.25, -0.2) is 4.79 Å². The summed E-state index contributed by atoms with van der Waals surface area (Å²) in [5.74, 6) is -0.505. The molecule has 220 valence electrons. The molecule has 1 amide bonds. The number of hydrogen-bond donors (Lipinski definition) is 2. The van der Waals surface area contributed by atoms with Crippen LogP contribution < -0.4 is 4.74 Å². The second-order valence-corrected chi connectivity index (χ2v) is 17.2. The zero-order chi connectivity index (χ0) is 29.5. The number of methoxy groups -OCH3 is 1. The molecule has 0 spiro atoms.